The Bertz CT molecular complexity index is 264. The van der Waals surface area contributed by atoms with Crippen LogP contribution in [0.4, 0.5) is 0 Å². The van der Waals surface area contributed by atoms with E-state index in [1.165, 1.54) is 0 Å². The number of hydrogen-bond donors (Lipinski definition) is 0. The van der Waals surface area contributed by atoms with Gasteiger partial charge in [0, 0.05) is 19.5 Å². The summed E-state index contributed by atoms with van der Waals surface area (Å²) in [5.74, 6) is 0.654. The van der Waals surface area contributed by atoms with Crippen molar-refractivity contribution in [3.05, 3.63) is 24.3 Å². The van der Waals surface area contributed by atoms with Gasteiger partial charge in [0.2, 0.25) is 5.91 Å². The predicted octanol–water partition coefficient (Wildman–Crippen LogP) is 3.16. The van der Waals surface area contributed by atoms with Gasteiger partial charge in [0.1, 0.15) is 0 Å². The fraction of sp³-hybridized carbons (Fsp3) is 0.643. The van der Waals surface area contributed by atoms with E-state index >= 15 is 0 Å². The molecule has 0 aromatic carbocycles. The van der Waals surface area contributed by atoms with E-state index in [-0.39, 0.29) is 0 Å². The highest BCUT2D eigenvalue weighted by Crippen LogP contribution is 2.30. The molecule has 0 atom stereocenters. The van der Waals surface area contributed by atoms with E-state index in [0.29, 0.717) is 11.8 Å². The van der Waals surface area contributed by atoms with Crippen molar-refractivity contribution in [1.82, 2.24) is 4.90 Å². The lowest BCUT2D eigenvalue weighted by atomic mass is 10.2. The number of hydrogen-bond acceptors (Lipinski definition) is 1. The van der Waals surface area contributed by atoms with Gasteiger partial charge in [0.15, 0.2) is 0 Å². The molecule has 1 fully saturated rings. The molecule has 90 valence electrons. The highest BCUT2D eigenvalue weighted by atomic mass is 16.2. The zero-order valence-electron chi connectivity index (χ0n) is 10.5. The van der Waals surface area contributed by atoms with Gasteiger partial charge in [-0.25, -0.2) is 0 Å². The van der Waals surface area contributed by atoms with E-state index < -0.39 is 0 Å². The molecule has 0 heterocycles. The van der Waals surface area contributed by atoms with Crippen molar-refractivity contribution in [1.29, 1.82) is 0 Å². The molecule has 1 aliphatic rings. The Morgan fingerprint density at radius 2 is 1.81 bits per heavy atom. The first-order chi connectivity index (χ1) is 7.75. The van der Waals surface area contributed by atoms with Gasteiger partial charge in [0.25, 0.3) is 0 Å². The molecule has 0 bridgehead atoms. The van der Waals surface area contributed by atoms with Crippen LogP contribution in [0.1, 0.15) is 39.0 Å². The SMILES string of the molecule is CC/C=C\CC/C=C/CN(C)C(=O)C1CC1. The monoisotopic (exact) mass is 221 g/mol. The van der Waals surface area contributed by atoms with Gasteiger partial charge in [-0.15, -0.1) is 0 Å². The van der Waals surface area contributed by atoms with Crippen LogP contribution >= 0.6 is 0 Å². The molecule has 0 radical (unpaired) electrons. The maximum absolute atomic E-state index is 11.6. The van der Waals surface area contributed by atoms with Crippen LogP contribution < -0.4 is 0 Å². The highest BCUT2D eigenvalue weighted by Gasteiger charge is 2.31. The van der Waals surface area contributed by atoms with Crippen LogP contribution in [0.3, 0.4) is 0 Å². The maximum Gasteiger partial charge on any atom is 0.225 e. The quantitative estimate of drug-likeness (QED) is 0.477. The van der Waals surface area contributed by atoms with Crippen molar-refractivity contribution in [2.45, 2.75) is 39.0 Å². The van der Waals surface area contributed by atoms with Gasteiger partial charge in [-0.2, -0.15) is 0 Å². The number of nitrogens with zero attached hydrogens (tertiary/aromatic N) is 1. The summed E-state index contributed by atoms with van der Waals surface area (Å²) in [6.45, 7) is 2.90. The van der Waals surface area contributed by atoms with E-state index in [4.69, 9.17) is 0 Å². The molecule has 0 saturated heterocycles. The molecule has 2 nitrogen and oxygen atoms in total. The summed E-state index contributed by atoms with van der Waals surface area (Å²) >= 11 is 0. The van der Waals surface area contributed by atoms with Crippen molar-refractivity contribution < 1.29 is 4.79 Å². The molecule has 0 spiro atoms. The first kappa shape index (κ1) is 13.0. The Hall–Kier alpha value is -1.05. The first-order valence-corrected chi connectivity index (χ1v) is 6.30. The molecule has 1 saturated carbocycles. The average molecular weight is 221 g/mol. The topological polar surface area (TPSA) is 20.3 Å². The van der Waals surface area contributed by atoms with E-state index in [1.54, 1.807) is 0 Å². The molecular weight excluding hydrogens is 198 g/mol. The van der Waals surface area contributed by atoms with Crippen LogP contribution in [0.15, 0.2) is 24.3 Å². The van der Waals surface area contributed by atoms with Gasteiger partial charge >= 0.3 is 0 Å². The number of likely N-dealkylation sites (N-methyl/N-ethyl adjacent to an activating group) is 1. The van der Waals surface area contributed by atoms with Crippen LogP contribution in [-0.2, 0) is 4.79 Å². The molecule has 0 aliphatic heterocycles. The number of allylic oxidation sites excluding steroid dienone is 3. The molecule has 0 aromatic heterocycles. The third-order valence-corrected chi connectivity index (χ3v) is 2.75. The third-order valence-electron chi connectivity index (χ3n) is 2.75. The van der Waals surface area contributed by atoms with Crippen LogP contribution in [0, 0.1) is 5.92 Å². The minimum atomic E-state index is 0.315. The van der Waals surface area contributed by atoms with Gasteiger partial charge in [-0.3, -0.25) is 4.79 Å². The standard InChI is InChI=1S/C14H23NO/c1-3-4-5-6-7-8-9-12-15(2)14(16)13-10-11-13/h4-5,8-9,13H,3,6-7,10-12H2,1-2H3/b5-4-,9-8+. The Morgan fingerprint density at radius 3 is 2.38 bits per heavy atom. The number of carbonyl (C=O) groups excluding carboxylic acids is 1. The summed E-state index contributed by atoms with van der Waals surface area (Å²) < 4.78 is 0. The van der Waals surface area contributed by atoms with Gasteiger partial charge in [-0.05, 0) is 32.1 Å². The summed E-state index contributed by atoms with van der Waals surface area (Å²) in [4.78, 5) is 13.4. The number of rotatable bonds is 7. The molecule has 0 N–H and O–H groups in total. The number of amides is 1. The zero-order valence-corrected chi connectivity index (χ0v) is 10.5. The minimum absolute atomic E-state index is 0.315. The summed E-state index contributed by atoms with van der Waals surface area (Å²) in [6, 6.07) is 0. The Morgan fingerprint density at radius 1 is 1.19 bits per heavy atom. The normalized spacial score (nSPS) is 16.1. The largest absolute Gasteiger partial charge is 0.342 e. The summed E-state index contributed by atoms with van der Waals surface area (Å²) in [6.07, 6.45) is 14.1. The van der Waals surface area contributed by atoms with Crippen molar-refractivity contribution in [3.63, 3.8) is 0 Å². The molecule has 1 aliphatic carbocycles. The van der Waals surface area contributed by atoms with E-state index in [2.05, 4.69) is 31.2 Å². The predicted molar refractivity (Wildman–Crippen MR) is 68.2 cm³/mol. The lowest BCUT2D eigenvalue weighted by molar-refractivity contribution is -0.130. The molecule has 0 unspecified atom stereocenters. The van der Waals surface area contributed by atoms with E-state index in [0.717, 1.165) is 38.6 Å². The molecule has 1 amide bonds. The van der Waals surface area contributed by atoms with E-state index in [1.807, 2.05) is 11.9 Å². The maximum atomic E-state index is 11.6. The number of unbranched alkanes of at least 4 members (excludes halogenated alkanes) is 1. The van der Waals surface area contributed by atoms with Crippen LogP contribution in [0.2, 0.25) is 0 Å². The lowest BCUT2D eigenvalue weighted by Gasteiger charge is -2.13. The second-order valence-electron chi connectivity index (χ2n) is 4.42. The highest BCUT2D eigenvalue weighted by molar-refractivity contribution is 5.80. The molecule has 0 aromatic rings. The number of carbonyl (C=O) groups is 1. The van der Waals surface area contributed by atoms with Crippen molar-refractivity contribution >= 4 is 5.91 Å². The zero-order chi connectivity index (χ0) is 11.8. The van der Waals surface area contributed by atoms with Gasteiger partial charge < -0.3 is 4.90 Å². The van der Waals surface area contributed by atoms with Crippen LogP contribution in [-0.4, -0.2) is 24.4 Å². The fourth-order valence-corrected chi connectivity index (χ4v) is 1.56. The fourth-order valence-electron chi connectivity index (χ4n) is 1.56. The van der Waals surface area contributed by atoms with Gasteiger partial charge in [0.05, 0.1) is 0 Å². The van der Waals surface area contributed by atoms with Crippen LogP contribution in [0.5, 0.6) is 0 Å². The summed E-state index contributed by atoms with van der Waals surface area (Å²) in [7, 11) is 1.89. The van der Waals surface area contributed by atoms with Crippen LogP contribution in [0.25, 0.3) is 0 Å². The Kier molecular flexibility index (Phi) is 5.91. The smallest absolute Gasteiger partial charge is 0.225 e. The molecule has 2 heteroatoms. The second-order valence-corrected chi connectivity index (χ2v) is 4.42. The van der Waals surface area contributed by atoms with Crippen molar-refractivity contribution in [2.75, 3.05) is 13.6 Å². The van der Waals surface area contributed by atoms with Crippen molar-refractivity contribution in [3.8, 4) is 0 Å². The first-order valence-electron chi connectivity index (χ1n) is 6.30. The minimum Gasteiger partial charge on any atom is -0.342 e. The molecular formula is C14H23NO. The second kappa shape index (κ2) is 7.26. The third kappa shape index (κ3) is 5.15. The molecule has 1 rings (SSSR count). The van der Waals surface area contributed by atoms with Gasteiger partial charge in [-0.1, -0.05) is 31.2 Å². The molecule has 16 heavy (non-hydrogen) atoms. The summed E-state index contributed by atoms with van der Waals surface area (Å²) in [5, 5.41) is 0. The summed E-state index contributed by atoms with van der Waals surface area (Å²) in [5.41, 5.74) is 0. The van der Waals surface area contributed by atoms with Crippen molar-refractivity contribution in [2.24, 2.45) is 5.92 Å². The lowest BCUT2D eigenvalue weighted by Crippen LogP contribution is -2.27. The Labute approximate surface area is 99.0 Å². The average Bonchev–Trinajstić information content (AvgIpc) is 3.10. The van der Waals surface area contributed by atoms with E-state index in [9.17, 15) is 4.79 Å². The Balaban J connectivity index is 2.06.